The number of aryl methyl sites for hydroxylation is 1. The molecule has 0 aliphatic carbocycles. The SMILES string of the molecule is CSc1ccc(C2=C(c3ccc(SC)c(F)c3)COC2=O)cc1C. The maximum atomic E-state index is 14.1. The minimum absolute atomic E-state index is 0.176. The fourth-order valence-corrected chi connectivity index (χ4v) is 3.86. The van der Waals surface area contributed by atoms with E-state index in [4.69, 9.17) is 4.74 Å². The second kappa shape index (κ2) is 7.03. The highest BCUT2D eigenvalue weighted by atomic mass is 32.2. The Labute approximate surface area is 149 Å². The van der Waals surface area contributed by atoms with E-state index >= 15 is 0 Å². The molecule has 0 aromatic heterocycles. The van der Waals surface area contributed by atoms with Crippen molar-refractivity contribution in [3.05, 3.63) is 58.9 Å². The predicted octanol–water partition coefficient (Wildman–Crippen LogP) is 5.05. The average molecular weight is 360 g/mol. The number of ether oxygens (including phenoxy) is 1. The minimum Gasteiger partial charge on any atom is -0.457 e. The third-order valence-corrected chi connectivity index (χ3v) is 5.71. The summed E-state index contributed by atoms with van der Waals surface area (Å²) in [6, 6.07) is 11.0. The Kier molecular flexibility index (Phi) is 5.01. The summed E-state index contributed by atoms with van der Waals surface area (Å²) in [5.41, 5.74) is 3.88. The summed E-state index contributed by atoms with van der Waals surface area (Å²) in [6.07, 6.45) is 3.85. The molecule has 0 radical (unpaired) electrons. The van der Waals surface area contributed by atoms with Crippen molar-refractivity contribution in [2.24, 2.45) is 0 Å². The molecule has 2 aromatic carbocycles. The molecule has 0 spiro atoms. The molecule has 1 heterocycles. The van der Waals surface area contributed by atoms with Gasteiger partial charge in [-0.1, -0.05) is 18.2 Å². The Morgan fingerprint density at radius 1 is 1.00 bits per heavy atom. The van der Waals surface area contributed by atoms with Crippen LogP contribution in [0.2, 0.25) is 0 Å². The number of thioether (sulfide) groups is 2. The van der Waals surface area contributed by atoms with E-state index in [2.05, 4.69) is 0 Å². The molecule has 3 rings (SSSR count). The fraction of sp³-hybridized carbons (Fsp3) is 0.211. The molecule has 24 heavy (non-hydrogen) atoms. The van der Waals surface area contributed by atoms with Crippen LogP contribution in [0.1, 0.15) is 16.7 Å². The first kappa shape index (κ1) is 17.1. The Morgan fingerprint density at radius 3 is 2.29 bits per heavy atom. The van der Waals surface area contributed by atoms with Gasteiger partial charge in [-0.05, 0) is 54.3 Å². The molecule has 0 unspecified atom stereocenters. The molecule has 124 valence electrons. The van der Waals surface area contributed by atoms with Gasteiger partial charge in [-0.2, -0.15) is 0 Å². The summed E-state index contributed by atoms with van der Waals surface area (Å²) in [4.78, 5) is 14.0. The number of cyclic esters (lactones) is 1. The number of esters is 1. The van der Waals surface area contributed by atoms with Crippen molar-refractivity contribution in [3.63, 3.8) is 0 Å². The van der Waals surface area contributed by atoms with E-state index in [1.54, 1.807) is 17.8 Å². The van der Waals surface area contributed by atoms with Gasteiger partial charge in [-0.3, -0.25) is 0 Å². The van der Waals surface area contributed by atoms with Gasteiger partial charge in [0.05, 0.1) is 5.57 Å². The van der Waals surface area contributed by atoms with Crippen molar-refractivity contribution in [1.29, 1.82) is 0 Å². The molecule has 0 N–H and O–H groups in total. The number of hydrogen-bond donors (Lipinski definition) is 0. The zero-order valence-electron chi connectivity index (χ0n) is 13.7. The molecule has 2 aromatic rings. The summed E-state index contributed by atoms with van der Waals surface area (Å²) >= 11 is 3.03. The van der Waals surface area contributed by atoms with E-state index in [0.29, 0.717) is 16.0 Å². The van der Waals surface area contributed by atoms with Crippen LogP contribution in [0.15, 0.2) is 46.2 Å². The second-order valence-electron chi connectivity index (χ2n) is 5.46. The van der Waals surface area contributed by atoms with E-state index in [0.717, 1.165) is 16.7 Å². The van der Waals surface area contributed by atoms with Gasteiger partial charge in [-0.25, -0.2) is 9.18 Å². The second-order valence-corrected chi connectivity index (χ2v) is 7.16. The van der Waals surface area contributed by atoms with Crippen LogP contribution in [-0.4, -0.2) is 25.1 Å². The van der Waals surface area contributed by atoms with Crippen molar-refractivity contribution in [1.82, 2.24) is 0 Å². The maximum absolute atomic E-state index is 14.1. The molecule has 5 heteroatoms. The van der Waals surface area contributed by atoms with Gasteiger partial charge in [0.1, 0.15) is 12.4 Å². The first-order valence-electron chi connectivity index (χ1n) is 7.44. The fourth-order valence-electron chi connectivity index (χ4n) is 2.81. The van der Waals surface area contributed by atoms with Crippen LogP contribution >= 0.6 is 23.5 Å². The summed E-state index contributed by atoms with van der Waals surface area (Å²) in [7, 11) is 0. The Morgan fingerprint density at radius 2 is 1.67 bits per heavy atom. The maximum Gasteiger partial charge on any atom is 0.339 e. The van der Waals surface area contributed by atoms with Crippen molar-refractivity contribution in [2.45, 2.75) is 16.7 Å². The van der Waals surface area contributed by atoms with Gasteiger partial charge in [0.25, 0.3) is 0 Å². The lowest BCUT2D eigenvalue weighted by Crippen LogP contribution is -1.99. The molecule has 1 aliphatic rings. The Hall–Kier alpha value is -1.72. The lowest BCUT2D eigenvalue weighted by Gasteiger charge is -2.09. The van der Waals surface area contributed by atoms with Crippen LogP contribution in [-0.2, 0) is 9.53 Å². The molecule has 1 aliphatic heterocycles. The van der Waals surface area contributed by atoms with Crippen LogP contribution in [0.5, 0.6) is 0 Å². The van der Waals surface area contributed by atoms with Crippen molar-refractivity contribution in [2.75, 3.05) is 19.1 Å². The van der Waals surface area contributed by atoms with Crippen molar-refractivity contribution in [3.8, 4) is 0 Å². The third-order valence-electron chi connectivity index (χ3n) is 4.04. The van der Waals surface area contributed by atoms with E-state index < -0.39 is 0 Å². The molecule has 2 nitrogen and oxygen atoms in total. The van der Waals surface area contributed by atoms with Gasteiger partial charge in [0, 0.05) is 15.4 Å². The molecule has 0 saturated heterocycles. The molecule has 0 bridgehead atoms. The Balaban J connectivity index is 2.12. The molecule has 0 amide bonds. The zero-order chi connectivity index (χ0) is 17.3. The first-order valence-corrected chi connectivity index (χ1v) is 9.89. The number of carbonyl (C=O) groups excluding carboxylic acids is 1. The standard InChI is InChI=1S/C19H17FO2S2/c1-11-8-13(5-6-16(11)23-2)18-14(10-22-19(18)21)12-4-7-17(24-3)15(20)9-12/h4-9H,10H2,1-3H3. The lowest BCUT2D eigenvalue weighted by molar-refractivity contribution is -0.133. The highest BCUT2D eigenvalue weighted by molar-refractivity contribution is 7.98. The quantitative estimate of drug-likeness (QED) is 0.563. The van der Waals surface area contributed by atoms with Gasteiger partial charge in [0.15, 0.2) is 0 Å². The zero-order valence-corrected chi connectivity index (χ0v) is 15.3. The topological polar surface area (TPSA) is 26.3 Å². The number of carbonyl (C=O) groups is 1. The third kappa shape index (κ3) is 3.10. The molecule has 0 saturated carbocycles. The Bertz CT molecular complexity index is 843. The van der Waals surface area contributed by atoms with Crippen molar-refractivity contribution >= 4 is 40.6 Å². The summed E-state index contributed by atoms with van der Waals surface area (Å²) in [5.74, 6) is -0.629. The van der Waals surface area contributed by atoms with Crippen LogP contribution in [0.4, 0.5) is 4.39 Å². The highest BCUT2D eigenvalue weighted by Gasteiger charge is 2.27. The summed E-state index contributed by atoms with van der Waals surface area (Å²) < 4.78 is 19.4. The van der Waals surface area contributed by atoms with Gasteiger partial charge < -0.3 is 4.74 Å². The smallest absolute Gasteiger partial charge is 0.339 e. The molecular formula is C19H17FO2S2. The van der Waals surface area contributed by atoms with E-state index in [9.17, 15) is 9.18 Å². The van der Waals surface area contributed by atoms with Crippen molar-refractivity contribution < 1.29 is 13.9 Å². The number of rotatable bonds is 4. The highest BCUT2D eigenvalue weighted by Crippen LogP contribution is 2.35. The predicted molar refractivity (Wildman–Crippen MR) is 98.9 cm³/mol. The number of benzene rings is 2. The van der Waals surface area contributed by atoms with Crippen LogP contribution in [0.3, 0.4) is 0 Å². The van der Waals surface area contributed by atoms with Gasteiger partial charge in [-0.15, -0.1) is 23.5 Å². The molecular weight excluding hydrogens is 343 g/mol. The van der Waals surface area contributed by atoms with E-state index in [1.807, 2.05) is 43.7 Å². The molecule has 0 fully saturated rings. The van der Waals surface area contributed by atoms with Crippen LogP contribution in [0.25, 0.3) is 11.1 Å². The largest absolute Gasteiger partial charge is 0.457 e. The van der Waals surface area contributed by atoms with Gasteiger partial charge in [0.2, 0.25) is 0 Å². The summed E-state index contributed by atoms with van der Waals surface area (Å²) in [6.45, 7) is 2.19. The summed E-state index contributed by atoms with van der Waals surface area (Å²) in [5, 5.41) is 0. The number of halogens is 1. The normalized spacial score (nSPS) is 14.2. The van der Waals surface area contributed by atoms with E-state index in [1.165, 1.54) is 22.7 Å². The lowest BCUT2D eigenvalue weighted by atomic mass is 9.95. The van der Waals surface area contributed by atoms with Crippen LogP contribution < -0.4 is 0 Å². The average Bonchev–Trinajstić information content (AvgIpc) is 2.96. The first-order chi connectivity index (χ1) is 11.5. The van der Waals surface area contributed by atoms with Gasteiger partial charge >= 0.3 is 5.97 Å². The van der Waals surface area contributed by atoms with Crippen LogP contribution in [0, 0.1) is 12.7 Å². The monoisotopic (exact) mass is 360 g/mol. The van der Waals surface area contributed by atoms with E-state index in [-0.39, 0.29) is 18.4 Å². The molecule has 0 atom stereocenters. The minimum atomic E-state index is -0.351. The number of hydrogen-bond acceptors (Lipinski definition) is 4.